The van der Waals surface area contributed by atoms with E-state index in [2.05, 4.69) is 20.5 Å². The van der Waals surface area contributed by atoms with Crippen molar-refractivity contribution < 1.29 is 18.0 Å². The third-order valence-corrected chi connectivity index (χ3v) is 4.97. The Hall–Kier alpha value is -2.82. The fraction of sp³-hybridized carbons (Fsp3) is 0.294. The molecule has 0 aliphatic heterocycles. The number of carbonyl (C=O) groups excluding carboxylic acids is 1. The van der Waals surface area contributed by atoms with Crippen LogP contribution in [0.1, 0.15) is 23.7 Å². The fourth-order valence-electron chi connectivity index (χ4n) is 2.79. The highest BCUT2D eigenvalue weighted by Gasteiger charge is 2.33. The number of hydrogen-bond acceptors (Lipinski definition) is 6. The highest BCUT2D eigenvalue weighted by Crippen LogP contribution is 2.34. The van der Waals surface area contributed by atoms with E-state index in [0.717, 1.165) is 29.1 Å². The van der Waals surface area contributed by atoms with E-state index in [9.17, 15) is 18.0 Å². The Labute approximate surface area is 162 Å². The molecular formula is C17H17F3N6OS. The Bertz CT molecular complexity index is 1030. The minimum Gasteiger partial charge on any atom is -0.369 e. The molecule has 11 heteroatoms. The van der Waals surface area contributed by atoms with Crippen LogP contribution in [-0.4, -0.2) is 31.2 Å². The van der Waals surface area contributed by atoms with Crippen LogP contribution in [0.4, 0.5) is 24.8 Å². The molecule has 3 rings (SSSR count). The number of benzene rings is 1. The maximum Gasteiger partial charge on any atom is 0.418 e. The zero-order chi connectivity index (χ0) is 20.5. The van der Waals surface area contributed by atoms with E-state index in [1.165, 1.54) is 22.6 Å². The topological polar surface area (TPSA) is 98.2 Å². The van der Waals surface area contributed by atoms with Gasteiger partial charge < -0.3 is 11.1 Å². The summed E-state index contributed by atoms with van der Waals surface area (Å²) in [5.74, 6) is -0.588. The van der Waals surface area contributed by atoms with E-state index >= 15 is 0 Å². The van der Waals surface area contributed by atoms with Crippen LogP contribution in [0.15, 0.2) is 29.4 Å². The van der Waals surface area contributed by atoms with Gasteiger partial charge in [0.1, 0.15) is 0 Å². The first-order chi connectivity index (χ1) is 13.2. The van der Waals surface area contributed by atoms with Crippen LogP contribution in [0.3, 0.4) is 0 Å². The summed E-state index contributed by atoms with van der Waals surface area (Å²) >= 11 is 1.01. The molecule has 148 valence electrons. The van der Waals surface area contributed by atoms with Crippen molar-refractivity contribution in [2.45, 2.75) is 31.6 Å². The van der Waals surface area contributed by atoms with Crippen molar-refractivity contribution in [1.29, 1.82) is 0 Å². The third kappa shape index (κ3) is 3.88. The second-order valence-electron chi connectivity index (χ2n) is 5.91. The molecule has 0 atom stereocenters. The van der Waals surface area contributed by atoms with Crippen LogP contribution in [0.2, 0.25) is 0 Å². The predicted octanol–water partition coefficient (Wildman–Crippen LogP) is 3.33. The molecule has 28 heavy (non-hydrogen) atoms. The number of fused-ring (bicyclic) bond motifs is 1. The number of anilines is 2. The first-order valence-electron chi connectivity index (χ1n) is 8.31. The fourth-order valence-corrected chi connectivity index (χ4v) is 3.53. The lowest BCUT2D eigenvalue weighted by Crippen LogP contribution is -2.18. The summed E-state index contributed by atoms with van der Waals surface area (Å²) in [5, 5.41) is 10.8. The molecule has 0 aliphatic rings. The number of carbonyl (C=O) groups is 1. The molecule has 3 N–H and O–H groups in total. The van der Waals surface area contributed by atoms with Crippen molar-refractivity contribution in [2.24, 2.45) is 0 Å². The number of amides is 1. The average molecular weight is 410 g/mol. The molecular weight excluding hydrogens is 393 g/mol. The number of aromatic nitrogens is 4. The lowest BCUT2D eigenvalue weighted by molar-refractivity contribution is -0.137. The van der Waals surface area contributed by atoms with E-state index in [-0.39, 0.29) is 17.4 Å². The van der Waals surface area contributed by atoms with E-state index in [1.54, 1.807) is 0 Å². The number of thioether (sulfide) groups is 1. The summed E-state index contributed by atoms with van der Waals surface area (Å²) in [5.41, 5.74) is 6.94. The smallest absolute Gasteiger partial charge is 0.369 e. The summed E-state index contributed by atoms with van der Waals surface area (Å²) in [6, 6.07) is 4.80. The average Bonchev–Trinajstić information content (AvgIpc) is 3.04. The predicted molar refractivity (Wildman–Crippen MR) is 100 cm³/mol. The number of aryl methyl sites for hydroxylation is 2. The zero-order valence-corrected chi connectivity index (χ0v) is 15.9. The molecule has 0 saturated heterocycles. The number of nitrogens with two attached hydrogens (primary N) is 1. The lowest BCUT2D eigenvalue weighted by atomic mass is 10.1. The van der Waals surface area contributed by atoms with Crippen LogP contribution < -0.4 is 11.1 Å². The third-order valence-electron chi connectivity index (χ3n) is 4.04. The van der Waals surface area contributed by atoms with E-state index in [1.807, 2.05) is 13.8 Å². The minimum atomic E-state index is -4.56. The maximum atomic E-state index is 13.0. The van der Waals surface area contributed by atoms with Crippen molar-refractivity contribution in [3.05, 3.63) is 41.1 Å². The van der Waals surface area contributed by atoms with Gasteiger partial charge in [0.25, 0.3) is 0 Å². The maximum absolute atomic E-state index is 13.0. The Kier molecular flexibility index (Phi) is 5.45. The van der Waals surface area contributed by atoms with Gasteiger partial charge in [-0.15, -0.1) is 10.2 Å². The normalized spacial score (nSPS) is 11.8. The monoisotopic (exact) mass is 410 g/mol. The molecule has 2 aromatic heterocycles. The molecule has 3 aromatic rings. The van der Waals surface area contributed by atoms with Crippen molar-refractivity contribution >= 4 is 35.0 Å². The molecule has 0 saturated carbocycles. The number of alkyl halides is 3. The van der Waals surface area contributed by atoms with Crippen LogP contribution in [-0.2, 0) is 17.4 Å². The molecule has 1 amide bonds. The van der Waals surface area contributed by atoms with Gasteiger partial charge >= 0.3 is 6.18 Å². The summed E-state index contributed by atoms with van der Waals surface area (Å²) in [4.78, 5) is 16.4. The standard InChI is InChI=1S/C17H17F3N6OS/c1-3-10-9(2)22-15(21)26-14(10)24-25-16(26)28-8-13(27)23-12-7-5-4-6-11(12)17(18,19)20/h4-7H,3,8H2,1-2H3,(H2,21,22)(H,23,27). The van der Waals surface area contributed by atoms with Crippen molar-refractivity contribution in [3.63, 3.8) is 0 Å². The lowest BCUT2D eigenvalue weighted by Gasteiger charge is -2.13. The molecule has 0 fully saturated rings. The second kappa shape index (κ2) is 7.66. The van der Waals surface area contributed by atoms with Gasteiger partial charge in [-0.3, -0.25) is 4.79 Å². The van der Waals surface area contributed by atoms with Gasteiger partial charge in [0.2, 0.25) is 11.9 Å². The highest BCUT2D eigenvalue weighted by molar-refractivity contribution is 7.99. The Morgan fingerprint density at radius 1 is 1.29 bits per heavy atom. The van der Waals surface area contributed by atoms with E-state index < -0.39 is 17.6 Å². The second-order valence-corrected chi connectivity index (χ2v) is 6.85. The number of nitrogens with one attached hydrogen (secondary N) is 1. The van der Waals surface area contributed by atoms with Crippen molar-refractivity contribution in [1.82, 2.24) is 19.6 Å². The molecule has 2 heterocycles. The van der Waals surface area contributed by atoms with Gasteiger partial charge in [-0.2, -0.15) is 13.2 Å². The number of hydrogen-bond donors (Lipinski definition) is 2. The first-order valence-corrected chi connectivity index (χ1v) is 9.29. The van der Waals surface area contributed by atoms with Gasteiger partial charge in [0.05, 0.1) is 17.0 Å². The number of rotatable bonds is 5. The molecule has 0 radical (unpaired) electrons. The van der Waals surface area contributed by atoms with Crippen LogP contribution >= 0.6 is 11.8 Å². The largest absolute Gasteiger partial charge is 0.418 e. The Morgan fingerprint density at radius 2 is 2.00 bits per heavy atom. The van der Waals surface area contributed by atoms with Crippen LogP contribution in [0.25, 0.3) is 5.65 Å². The number of para-hydroxylation sites is 1. The SMILES string of the molecule is CCc1c(C)nc(N)n2c(SCC(=O)Nc3ccccc3C(F)(F)F)nnc12. The molecule has 1 aromatic carbocycles. The van der Waals surface area contributed by atoms with Gasteiger partial charge in [-0.25, -0.2) is 9.38 Å². The quantitative estimate of drug-likeness (QED) is 0.626. The van der Waals surface area contributed by atoms with Gasteiger partial charge in [-0.1, -0.05) is 30.8 Å². The van der Waals surface area contributed by atoms with Crippen molar-refractivity contribution in [2.75, 3.05) is 16.8 Å². The molecule has 0 unspecified atom stereocenters. The zero-order valence-electron chi connectivity index (χ0n) is 15.0. The Balaban J connectivity index is 1.78. The molecule has 0 aliphatic carbocycles. The molecule has 0 spiro atoms. The number of nitrogen functional groups attached to an aromatic ring is 1. The molecule has 0 bridgehead atoms. The number of halogens is 3. The highest BCUT2D eigenvalue weighted by atomic mass is 32.2. The summed E-state index contributed by atoms with van der Waals surface area (Å²) in [6.07, 6.45) is -3.88. The minimum absolute atomic E-state index is 0.165. The van der Waals surface area contributed by atoms with E-state index in [4.69, 9.17) is 5.73 Å². The van der Waals surface area contributed by atoms with Gasteiger partial charge in [0, 0.05) is 11.3 Å². The summed E-state index contributed by atoms with van der Waals surface area (Å²) < 4.78 is 40.6. The Morgan fingerprint density at radius 3 is 2.68 bits per heavy atom. The first kappa shape index (κ1) is 19.9. The van der Waals surface area contributed by atoms with Crippen LogP contribution in [0, 0.1) is 6.92 Å². The van der Waals surface area contributed by atoms with Crippen LogP contribution in [0.5, 0.6) is 0 Å². The van der Waals surface area contributed by atoms with Gasteiger partial charge in [0.15, 0.2) is 10.8 Å². The summed E-state index contributed by atoms with van der Waals surface area (Å²) in [7, 11) is 0. The van der Waals surface area contributed by atoms with Crippen molar-refractivity contribution in [3.8, 4) is 0 Å². The molecule has 7 nitrogen and oxygen atoms in total. The number of nitrogens with zero attached hydrogens (tertiary/aromatic N) is 4. The van der Waals surface area contributed by atoms with Gasteiger partial charge in [-0.05, 0) is 25.5 Å². The summed E-state index contributed by atoms with van der Waals surface area (Å²) in [6.45, 7) is 3.77. The van der Waals surface area contributed by atoms with E-state index in [0.29, 0.717) is 17.2 Å².